The number of thiophene rings is 1. The Kier molecular flexibility index (Phi) is 5.38. The number of rotatable bonds is 7. The number of halogens is 1. The molecule has 0 saturated heterocycles. The van der Waals surface area contributed by atoms with Crippen molar-refractivity contribution in [3.63, 3.8) is 0 Å². The monoisotopic (exact) mass is 399 g/mol. The van der Waals surface area contributed by atoms with Gasteiger partial charge in [0.2, 0.25) is 15.9 Å². The Morgan fingerprint density at radius 3 is 2.88 bits per heavy atom. The van der Waals surface area contributed by atoms with Gasteiger partial charge in [0.25, 0.3) is 5.89 Å². The average Bonchev–Trinajstić information content (AvgIpc) is 3.26. The van der Waals surface area contributed by atoms with Gasteiger partial charge in [-0.15, -0.1) is 21.5 Å². The van der Waals surface area contributed by atoms with Crippen molar-refractivity contribution in [2.75, 3.05) is 13.7 Å². The van der Waals surface area contributed by atoms with Crippen molar-refractivity contribution >= 4 is 33.0 Å². The van der Waals surface area contributed by atoms with Gasteiger partial charge in [-0.25, -0.2) is 13.1 Å². The molecule has 132 valence electrons. The maximum atomic E-state index is 12.4. The quantitative estimate of drug-likeness (QED) is 0.656. The molecule has 0 unspecified atom stereocenters. The molecule has 0 atom stereocenters. The number of nitrogens with zero attached hydrogens (tertiary/aromatic N) is 2. The third-order valence-electron chi connectivity index (χ3n) is 3.24. The van der Waals surface area contributed by atoms with Crippen molar-refractivity contribution in [3.05, 3.63) is 46.6 Å². The minimum absolute atomic E-state index is 0.0210. The lowest BCUT2D eigenvalue weighted by atomic mass is 10.3. The molecular formula is C15H14ClN3O4S2. The molecule has 10 heteroatoms. The van der Waals surface area contributed by atoms with Crippen molar-refractivity contribution < 1.29 is 17.6 Å². The molecule has 0 aliphatic heterocycles. The van der Waals surface area contributed by atoms with Gasteiger partial charge >= 0.3 is 0 Å². The summed E-state index contributed by atoms with van der Waals surface area (Å²) >= 11 is 7.37. The van der Waals surface area contributed by atoms with Crippen LogP contribution in [0, 0.1) is 0 Å². The molecule has 2 aromatic heterocycles. The largest absolute Gasteiger partial charge is 0.495 e. The lowest BCUT2D eigenvalue weighted by Gasteiger charge is -2.10. The highest BCUT2D eigenvalue weighted by Crippen LogP contribution is 2.27. The fourth-order valence-corrected chi connectivity index (χ4v) is 4.19. The first-order valence-electron chi connectivity index (χ1n) is 7.19. The van der Waals surface area contributed by atoms with E-state index >= 15 is 0 Å². The predicted octanol–water partition coefficient (Wildman–Crippen LogP) is 2.98. The van der Waals surface area contributed by atoms with E-state index in [1.807, 2.05) is 17.5 Å². The summed E-state index contributed by atoms with van der Waals surface area (Å²) in [5, 5.41) is 10.1. The fourth-order valence-electron chi connectivity index (χ4n) is 2.09. The van der Waals surface area contributed by atoms with Crippen LogP contribution in [0.2, 0.25) is 5.02 Å². The molecule has 0 bridgehead atoms. The van der Waals surface area contributed by atoms with Crippen LogP contribution in [0.15, 0.2) is 45.0 Å². The van der Waals surface area contributed by atoms with E-state index in [0.717, 1.165) is 4.88 Å². The van der Waals surface area contributed by atoms with Crippen molar-refractivity contribution in [1.29, 1.82) is 0 Å². The second-order valence-corrected chi connectivity index (χ2v) is 8.04. The average molecular weight is 400 g/mol. The number of aromatic nitrogens is 2. The zero-order valence-corrected chi connectivity index (χ0v) is 15.5. The normalized spacial score (nSPS) is 11.6. The number of ether oxygens (including phenoxy) is 1. The zero-order chi connectivity index (χ0) is 17.9. The standard InChI is InChI=1S/C15H14ClN3O4S2/c1-22-11-5-4-10(16)9-13(11)25(20,21)17-7-6-14-18-19-15(23-14)12-3-2-8-24-12/h2-5,8-9,17H,6-7H2,1H3. The molecule has 0 radical (unpaired) electrons. The van der Waals surface area contributed by atoms with Gasteiger partial charge in [-0.3, -0.25) is 0 Å². The van der Waals surface area contributed by atoms with Gasteiger partial charge in [0.1, 0.15) is 10.6 Å². The summed E-state index contributed by atoms with van der Waals surface area (Å²) in [5.41, 5.74) is 0. The summed E-state index contributed by atoms with van der Waals surface area (Å²) in [6.45, 7) is 0.101. The second kappa shape index (κ2) is 7.52. The topological polar surface area (TPSA) is 94.3 Å². The Morgan fingerprint density at radius 1 is 1.32 bits per heavy atom. The first kappa shape index (κ1) is 17.9. The van der Waals surface area contributed by atoms with Crippen LogP contribution in [0.25, 0.3) is 10.8 Å². The van der Waals surface area contributed by atoms with Crippen LogP contribution >= 0.6 is 22.9 Å². The van der Waals surface area contributed by atoms with E-state index in [2.05, 4.69) is 14.9 Å². The SMILES string of the molecule is COc1ccc(Cl)cc1S(=O)(=O)NCCc1nnc(-c2cccs2)o1. The molecular weight excluding hydrogens is 386 g/mol. The zero-order valence-electron chi connectivity index (χ0n) is 13.1. The Balaban J connectivity index is 1.66. The number of hydrogen-bond acceptors (Lipinski definition) is 7. The number of benzene rings is 1. The van der Waals surface area contributed by atoms with Crippen LogP contribution < -0.4 is 9.46 Å². The van der Waals surface area contributed by atoms with Crippen LogP contribution in [0.4, 0.5) is 0 Å². The molecule has 0 spiro atoms. The Morgan fingerprint density at radius 2 is 2.16 bits per heavy atom. The van der Waals surface area contributed by atoms with E-state index in [4.69, 9.17) is 20.8 Å². The van der Waals surface area contributed by atoms with E-state index in [9.17, 15) is 8.42 Å². The molecule has 1 aromatic carbocycles. The molecule has 3 rings (SSSR count). The molecule has 0 aliphatic carbocycles. The predicted molar refractivity (Wildman–Crippen MR) is 94.5 cm³/mol. The number of methoxy groups -OCH3 is 1. The minimum Gasteiger partial charge on any atom is -0.495 e. The lowest BCUT2D eigenvalue weighted by Crippen LogP contribution is -2.26. The van der Waals surface area contributed by atoms with Gasteiger partial charge in [0.05, 0.1) is 12.0 Å². The van der Waals surface area contributed by atoms with Crippen LogP contribution in [0.3, 0.4) is 0 Å². The minimum atomic E-state index is -3.78. The molecule has 7 nitrogen and oxygen atoms in total. The molecule has 0 fully saturated rings. The molecule has 1 N–H and O–H groups in total. The van der Waals surface area contributed by atoms with Gasteiger partial charge in [-0.2, -0.15) is 0 Å². The van der Waals surface area contributed by atoms with E-state index in [0.29, 0.717) is 16.8 Å². The van der Waals surface area contributed by atoms with Crippen molar-refractivity contribution in [2.45, 2.75) is 11.3 Å². The smallest absolute Gasteiger partial charge is 0.257 e. The summed E-state index contributed by atoms with van der Waals surface area (Å²) in [4.78, 5) is 0.843. The highest BCUT2D eigenvalue weighted by Gasteiger charge is 2.20. The molecule has 3 aromatic rings. The summed E-state index contributed by atoms with van der Waals surface area (Å²) < 4.78 is 37.9. The third-order valence-corrected chi connectivity index (χ3v) is 5.82. The van der Waals surface area contributed by atoms with E-state index in [-0.39, 0.29) is 23.6 Å². The second-order valence-electron chi connectivity index (χ2n) is 4.92. The molecule has 0 aliphatic rings. The molecule has 0 amide bonds. The summed E-state index contributed by atoms with van der Waals surface area (Å²) in [7, 11) is -2.38. The van der Waals surface area contributed by atoms with Crippen molar-refractivity contribution in [1.82, 2.24) is 14.9 Å². The highest BCUT2D eigenvalue weighted by atomic mass is 35.5. The molecule has 0 saturated carbocycles. The van der Waals surface area contributed by atoms with Crippen LogP contribution in [-0.4, -0.2) is 32.3 Å². The van der Waals surface area contributed by atoms with Crippen LogP contribution in [-0.2, 0) is 16.4 Å². The summed E-state index contributed by atoms with van der Waals surface area (Å²) in [6.07, 6.45) is 0.264. The van der Waals surface area contributed by atoms with Crippen molar-refractivity contribution in [2.24, 2.45) is 0 Å². The fraction of sp³-hybridized carbons (Fsp3) is 0.200. The maximum absolute atomic E-state index is 12.4. The first-order valence-corrected chi connectivity index (χ1v) is 9.93. The number of hydrogen-bond donors (Lipinski definition) is 1. The van der Waals surface area contributed by atoms with E-state index in [1.165, 1.54) is 30.6 Å². The van der Waals surface area contributed by atoms with Gasteiger partial charge in [0, 0.05) is 18.0 Å². The van der Waals surface area contributed by atoms with Gasteiger partial charge < -0.3 is 9.15 Å². The Labute approximate surface area is 153 Å². The Bertz CT molecular complexity index is 955. The van der Waals surface area contributed by atoms with Crippen LogP contribution in [0.1, 0.15) is 5.89 Å². The third kappa shape index (κ3) is 4.18. The highest BCUT2D eigenvalue weighted by molar-refractivity contribution is 7.89. The maximum Gasteiger partial charge on any atom is 0.257 e. The number of sulfonamides is 1. The first-order chi connectivity index (χ1) is 12.0. The van der Waals surface area contributed by atoms with E-state index < -0.39 is 10.0 Å². The number of nitrogens with one attached hydrogen (secondary N) is 1. The van der Waals surface area contributed by atoms with Gasteiger partial charge in [-0.1, -0.05) is 17.7 Å². The summed E-state index contributed by atoms with van der Waals surface area (Å²) in [5.74, 6) is 0.989. The van der Waals surface area contributed by atoms with Gasteiger partial charge in [-0.05, 0) is 29.6 Å². The molecule has 25 heavy (non-hydrogen) atoms. The lowest BCUT2D eigenvalue weighted by molar-refractivity contribution is 0.402. The van der Waals surface area contributed by atoms with E-state index in [1.54, 1.807) is 6.07 Å². The Hall–Kier alpha value is -1.94. The van der Waals surface area contributed by atoms with Crippen molar-refractivity contribution in [3.8, 4) is 16.5 Å². The van der Waals surface area contributed by atoms with Crippen LogP contribution in [0.5, 0.6) is 5.75 Å². The summed E-state index contributed by atoms with van der Waals surface area (Å²) in [6, 6.07) is 8.16. The molecule has 2 heterocycles. The van der Waals surface area contributed by atoms with Gasteiger partial charge in [0.15, 0.2) is 0 Å².